The minimum Gasteiger partial charge on any atom is -0.396 e. The zero-order chi connectivity index (χ0) is 11.8. The molecule has 0 fully saturated rings. The fourth-order valence-electron chi connectivity index (χ4n) is 1.61. The molecular formula is C12H19FN2O. The number of nitrogens with one attached hydrogen (secondary N) is 1. The maximum Gasteiger partial charge on any atom is 0.141 e. The molecule has 1 atom stereocenters. The average molecular weight is 226 g/mol. The third-order valence-electron chi connectivity index (χ3n) is 2.64. The second kappa shape index (κ2) is 7.30. The van der Waals surface area contributed by atoms with Gasteiger partial charge >= 0.3 is 0 Å². The molecule has 0 aliphatic heterocycles. The molecule has 0 spiro atoms. The van der Waals surface area contributed by atoms with Crippen LogP contribution in [0.3, 0.4) is 0 Å². The van der Waals surface area contributed by atoms with Crippen LogP contribution in [0.5, 0.6) is 0 Å². The van der Waals surface area contributed by atoms with Gasteiger partial charge in [-0.05, 0) is 30.5 Å². The summed E-state index contributed by atoms with van der Waals surface area (Å²) in [6.07, 6.45) is 4.70. The maximum atomic E-state index is 12.8. The van der Waals surface area contributed by atoms with E-state index in [1.807, 2.05) is 0 Å². The van der Waals surface area contributed by atoms with Gasteiger partial charge in [-0.2, -0.15) is 0 Å². The highest BCUT2D eigenvalue weighted by atomic mass is 19.1. The van der Waals surface area contributed by atoms with E-state index in [0.717, 1.165) is 24.9 Å². The topological polar surface area (TPSA) is 45.1 Å². The minimum atomic E-state index is -0.304. The summed E-state index contributed by atoms with van der Waals surface area (Å²) in [6.45, 7) is 3.79. The number of halogens is 1. The second-order valence-corrected chi connectivity index (χ2v) is 3.93. The molecule has 0 saturated carbocycles. The highest BCUT2D eigenvalue weighted by Crippen LogP contribution is 2.06. The Kier molecular flexibility index (Phi) is 5.96. The van der Waals surface area contributed by atoms with Gasteiger partial charge < -0.3 is 10.4 Å². The lowest BCUT2D eigenvalue weighted by atomic mass is 10.0. The quantitative estimate of drug-likeness (QED) is 0.744. The standard InChI is InChI=1S/C12H19FN2O/c1-2-10(3-4-16)6-14-7-11-5-12(13)9-15-8-11/h5,8-10,14,16H,2-4,6-7H2,1H3. The summed E-state index contributed by atoms with van der Waals surface area (Å²) in [5.41, 5.74) is 0.846. The smallest absolute Gasteiger partial charge is 0.141 e. The van der Waals surface area contributed by atoms with Gasteiger partial charge in [0.2, 0.25) is 0 Å². The summed E-state index contributed by atoms with van der Waals surface area (Å²) < 4.78 is 12.8. The molecule has 0 aromatic carbocycles. The largest absolute Gasteiger partial charge is 0.396 e. The van der Waals surface area contributed by atoms with Crippen molar-refractivity contribution in [2.24, 2.45) is 5.92 Å². The van der Waals surface area contributed by atoms with Gasteiger partial charge in [-0.15, -0.1) is 0 Å². The van der Waals surface area contributed by atoms with Gasteiger partial charge in [0.1, 0.15) is 5.82 Å². The first-order valence-electron chi connectivity index (χ1n) is 5.67. The zero-order valence-corrected chi connectivity index (χ0v) is 9.62. The fourth-order valence-corrected chi connectivity index (χ4v) is 1.61. The van der Waals surface area contributed by atoms with Gasteiger partial charge in [0.05, 0.1) is 6.20 Å². The number of hydrogen-bond acceptors (Lipinski definition) is 3. The predicted molar refractivity (Wildman–Crippen MR) is 61.4 cm³/mol. The molecule has 1 heterocycles. The first-order valence-corrected chi connectivity index (χ1v) is 5.67. The normalized spacial score (nSPS) is 12.7. The third kappa shape index (κ3) is 4.68. The van der Waals surface area contributed by atoms with Crippen molar-refractivity contribution in [2.45, 2.75) is 26.3 Å². The summed E-state index contributed by atoms with van der Waals surface area (Å²) in [5, 5.41) is 12.1. The van der Waals surface area contributed by atoms with E-state index in [4.69, 9.17) is 5.11 Å². The molecule has 2 N–H and O–H groups in total. The average Bonchev–Trinajstić information content (AvgIpc) is 2.28. The van der Waals surface area contributed by atoms with E-state index in [9.17, 15) is 4.39 Å². The minimum absolute atomic E-state index is 0.224. The third-order valence-corrected chi connectivity index (χ3v) is 2.64. The summed E-state index contributed by atoms with van der Waals surface area (Å²) in [7, 11) is 0. The Morgan fingerprint density at radius 3 is 2.94 bits per heavy atom. The molecule has 4 heteroatoms. The Labute approximate surface area is 95.7 Å². The van der Waals surface area contributed by atoms with E-state index in [-0.39, 0.29) is 12.4 Å². The zero-order valence-electron chi connectivity index (χ0n) is 9.62. The monoisotopic (exact) mass is 226 g/mol. The van der Waals surface area contributed by atoms with Crippen molar-refractivity contribution >= 4 is 0 Å². The molecule has 0 radical (unpaired) electrons. The van der Waals surface area contributed by atoms with E-state index in [1.165, 1.54) is 12.3 Å². The summed E-state index contributed by atoms with van der Waals surface area (Å²) in [4.78, 5) is 3.78. The van der Waals surface area contributed by atoms with Crippen LogP contribution in [0.4, 0.5) is 4.39 Å². The second-order valence-electron chi connectivity index (χ2n) is 3.93. The van der Waals surface area contributed by atoms with Crippen molar-refractivity contribution in [1.82, 2.24) is 10.3 Å². The molecule has 3 nitrogen and oxygen atoms in total. The lowest BCUT2D eigenvalue weighted by Crippen LogP contribution is -2.23. The summed E-state index contributed by atoms with van der Waals surface area (Å²) >= 11 is 0. The highest BCUT2D eigenvalue weighted by molar-refractivity contribution is 5.09. The van der Waals surface area contributed by atoms with Crippen LogP contribution in [0.1, 0.15) is 25.3 Å². The van der Waals surface area contributed by atoms with Crippen LogP contribution in [0.25, 0.3) is 0 Å². The molecule has 1 unspecified atom stereocenters. The molecular weight excluding hydrogens is 207 g/mol. The molecule has 0 bridgehead atoms. The predicted octanol–water partition coefficient (Wildman–Crippen LogP) is 1.72. The van der Waals surface area contributed by atoms with E-state index in [2.05, 4.69) is 17.2 Å². The highest BCUT2D eigenvalue weighted by Gasteiger charge is 2.04. The summed E-state index contributed by atoms with van der Waals surface area (Å²) in [6, 6.07) is 1.48. The fraction of sp³-hybridized carbons (Fsp3) is 0.583. The van der Waals surface area contributed by atoms with Crippen LogP contribution in [-0.4, -0.2) is 23.2 Å². The Morgan fingerprint density at radius 2 is 2.31 bits per heavy atom. The van der Waals surface area contributed by atoms with Crippen LogP contribution in [-0.2, 0) is 6.54 Å². The van der Waals surface area contributed by atoms with Crippen LogP contribution in [0.15, 0.2) is 18.5 Å². The van der Waals surface area contributed by atoms with Crippen molar-refractivity contribution < 1.29 is 9.50 Å². The number of pyridine rings is 1. The molecule has 0 saturated heterocycles. The van der Waals surface area contributed by atoms with Crippen LogP contribution >= 0.6 is 0 Å². The molecule has 1 aromatic heterocycles. The molecule has 1 rings (SSSR count). The number of aromatic nitrogens is 1. The van der Waals surface area contributed by atoms with Gasteiger partial charge in [0.25, 0.3) is 0 Å². The van der Waals surface area contributed by atoms with Gasteiger partial charge in [-0.25, -0.2) is 4.39 Å². The van der Waals surface area contributed by atoms with Gasteiger partial charge in [0.15, 0.2) is 0 Å². The number of rotatable bonds is 7. The Balaban J connectivity index is 2.29. The van der Waals surface area contributed by atoms with Gasteiger partial charge in [-0.3, -0.25) is 4.98 Å². The number of aliphatic hydroxyl groups excluding tert-OH is 1. The lowest BCUT2D eigenvalue weighted by molar-refractivity contribution is 0.251. The van der Waals surface area contributed by atoms with Gasteiger partial charge in [0, 0.05) is 19.3 Å². The Hall–Kier alpha value is -1.00. The Morgan fingerprint density at radius 1 is 1.50 bits per heavy atom. The maximum absolute atomic E-state index is 12.8. The van der Waals surface area contributed by atoms with E-state index in [1.54, 1.807) is 6.20 Å². The summed E-state index contributed by atoms with van der Waals surface area (Å²) in [5.74, 6) is 0.174. The first-order chi connectivity index (χ1) is 7.76. The number of aliphatic hydroxyl groups is 1. The van der Waals surface area contributed by atoms with Crippen molar-refractivity contribution in [1.29, 1.82) is 0 Å². The lowest BCUT2D eigenvalue weighted by Gasteiger charge is -2.14. The van der Waals surface area contributed by atoms with Crippen molar-refractivity contribution in [2.75, 3.05) is 13.2 Å². The van der Waals surface area contributed by atoms with Crippen molar-refractivity contribution in [3.8, 4) is 0 Å². The number of nitrogens with zero attached hydrogens (tertiary/aromatic N) is 1. The van der Waals surface area contributed by atoms with Crippen LogP contribution in [0.2, 0.25) is 0 Å². The Bertz CT molecular complexity index is 307. The van der Waals surface area contributed by atoms with Crippen molar-refractivity contribution in [3.05, 3.63) is 29.8 Å². The number of hydrogen-bond donors (Lipinski definition) is 2. The van der Waals surface area contributed by atoms with Crippen LogP contribution < -0.4 is 5.32 Å². The SMILES string of the molecule is CCC(CCO)CNCc1cncc(F)c1. The molecule has 0 aliphatic carbocycles. The van der Waals surface area contributed by atoms with Gasteiger partial charge in [-0.1, -0.05) is 13.3 Å². The van der Waals surface area contributed by atoms with E-state index >= 15 is 0 Å². The molecule has 0 amide bonds. The van der Waals surface area contributed by atoms with E-state index in [0.29, 0.717) is 12.5 Å². The molecule has 0 aliphatic rings. The van der Waals surface area contributed by atoms with Crippen molar-refractivity contribution in [3.63, 3.8) is 0 Å². The first kappa shape index (κ1) is 13.1. The molecule has 16 heavy (non-hydrogen) atoms. The molecule has 90 valence electrons. The van der Waals surface area contributed by atoms with Crippen LogP contribution in [0, 0.1) is 11.7 Å². The van der Waals surface area contributed by atoms with E-state index < -0.39 is 0 Å². The molecule has 1 aromatic rings.